The molecule has 3 atom stereocenters. The molecule has 2 aliphatic carbocycles. The van der Waals surface area contributed by atoms with Crippen LogP contribution in [0.3, 0.4) is 0 Å². The molecule has 2 saturated carbocycles. The third kappa shape index (κ3) is 5.57. The molecular formula is C28H28F5N9O4. The van der Waals surface area contributed by atoms with Gasteiger partial charge in [-0.25, -0.2) is 22.9 Å². The molecule has 2 amide bonds. The van der Waals surface area contributed by atoms with E-state index >= 15 is 0 Å². The van der Waals surface area contributed by atoms with Crippen molar-refractivity contribution in [3.05, 3.63) is 52.8 Å². The third-order valence-electron chi connectivity index (χ3n) is 9.08. The van der Waals surface area contributed by atoms with Crippen molar-refractivity contribution in [2.75, 3.05) is 0 Å². The second-order valence-electron chi connectivity index (χ2n) is 12.4. The van der Waals surface area contributed by atoms with Gasteiger partial charge in [-0.3, -0.25) is 9.59 Å². The van der Waals surface area contributed by atoms with Gasteiger partial charge in [-0.2, -0.15) is 23.3 Å². The summed E-state index contributed by atoms with van der Waals surface area (Å²) in [5.41, 5.74) is -0.334. The van der Waals surface area contributed by atoms with Crippen molar-refractivity contribution in [2.24, 2.45) is 5.92 Å². The maximum Gasteiger partial charge on any atom is 0.408 e. The first-order valence-electron chi connectivity index (χ1n) is 14.9. The van der Waals surface area contributed by atoms with Gasteiger partial charge in [0.15, 0.2) is 17.2 Å². The molecule has 4 aromatic heterocycles. The van der Waals surface area contributed by atoms with E-state index in [1.807, 2.05) is 5.32 Å². The molecule has 3 fully saturated rings. The number of fused-ring (bicyclic) bond motifs is 1. The zero-order valence-corrected chi connectivity index (χ0v) is 24.4. The summed E-state index contributed by atoms with van der Waals surface area (Å²) in [5, 5.41) is 20.7. The second-order valence-corrected chi connectivity index (χ2v) is 12.4. The van der Waals surface area contributed by atoms with E-state index in [9.17, 15) is 31.5 Å². The maximum absolute atomic E-state index is 14.1. The van der Waals surface area contributed by atoms with Gasteiger partial charge in [0.05, 0.1) is 24.1 Å². The fourth-order valence-corrected chi connectivity index (χ4v) is 6.45. The van der Waals surface area contributed by atoms with Gasteiger partial charge in [0.25, 0.3) is 5.91 Å². The number of aromatic nitrogens is 7. The lowest BCUT2D eigenvalue weighted by molar-refractivity contribution is -0.155. The van der Waals surface area contributed by atoms with E-state index < -0.39 is 47.8 Å². The maximum atomic E-state index is 14.1. The highest BCUT2D eigenvalue weighted by molar-refractivity contribution is 5.93. The number of hydrogen-bond donors (Lipinski definition) is 2. The molecular weight excluding hydrogens is 621 g/mol. The Bertz CT molecular complexity index is 1790. The number of carbonyl (C=O) groups excluding carboxylic acids is 2. The number of imidazole rings is 1. The molecule has 13 nitrogen and oxygen atoms in total. The van der Waals surface area contributed by atoms with Crippen molar-refractivity contribution >= 4 is 17.5 Å². The molecule has 0 unspecified atom stereocenters. The molecule has 7 rings (SSSR count). The molecule has 3 aliphatic rings. The summed E-state index contributed by atoms with van der Waals surface area (Å²) in [4.78, 5) is 35.2. The van der Waals surface area contributed by atoms with Crippen molar-refractivity contribution in [1.82, 2.24) is 45.7 Å². The van der Waals surface area contributed by atoms with Crippen LogP contribution in [0.1, 0.15) is 96.1 Å². The number of nitrogens with one attached hydrogen (secondary N) is 2. The van der Waals surface area contributed by atoms with Gasteiger partial charge in [0.1, 0.15) is 17.2 Å². The molecule has 0 spiro atoms. The summed E-state index contributed by atoms with van der Waals surface area (Å²) in [6.45, 7) is 1.46. The van der Waals surface area contributed by atoms with Gasteiger partial charge in [0, 0.05) is 25.7 Å². The van der Waals surface area contributed by atoms with Gasteiger partial charge in [-0.1, -0.05) is 10.3 Å². The van der Waals surface area contributed by atoms with Crippen LogP contribution in [0.2, 0.25) is 0 Å². The summed E-state index contributed by atoms with van der Waals surface area (Å²) >= 11 is 0. The summed E-state index contributed by atoms with van der Waals surface area (Å²) in [7, 11) is 0. The van der Waals surface area contributed by atoms with E-state index in [4.69, 9.17) is 9.15 Å². The Morgan fingerprint density at radius 2 is 1.91 bits per heavy atom. The van der Waals surface area contributed by atoms with Crippen LogP contribution < -0.4 is 10.6 Å². The standard InChI is InChI=1S/C28H28F5N9O4/c1-13-35-24(41-45-13)26(10-18(28(31,32)33)37-25(26)44)9-14-8-19-36-17(12-42(19)34-11-14)20(16-4-6-27(29,30)7-5-16)38-23(43)22-21(15-2-3-15)39-46-40-22/h8,11-12,15-16,18,20H,2-7,9-10H2,1H3,(H,37,44)(H,38,43)/t18-,20-,26-/m0/s1. The highest BCUT2D eigenvalue weighted by Gasteiger charge is 2.58. The molecule has 2 N–H and O–H groups in total. The Balaban J connectivity index is 1.20. The first kappa shape index (κ1) is 30.2. The summed E-state index contributed by atoms with van der Waals surface area (Å²) in [6, 6.07) is -1.35. The molecule has 4 aromatic rings. The molecule has 244 valence electrons. The van der Waals surface area contributed by atoms with Crippen molar-refractivity contribution in [1.29, 1.82) is 0 Å². The van der Waals surface area contributed by atoms with Crippen LogP contribution in [0.15, 0.2) is 27.6 Å². The normalized spacial score (nSPS) is 24.3. The van der Waals surface area contributed by atoms with E-state index in [2.05, 4.69) is 35.9 Å². The fraction of sp³-hybridized carbons (Fsp3) is 0.571. The number of carbonyl (C=O) groups is 2. The molecule has 0 bridgehead atoms. The Morgan fingerprint density at radius 3 is 2.57 bits per heavy atom. The van der Waals surface area contributed by atoms with Gasteiger partial charge < -0.3 is 15.2 Å². The molecule has 0 aromatic carbocycles. The molecule has 0 radical (unpaired) electrons. The van der Waals surface area contributed by atoms with Crippen LogP contribution in [-0.4, -0.2) is 65.0 Å². The van der Waals surface area contributed by atoms with E-state index in [0.29, 0.717) is 17.0 Å². The lowest BCUT2D eigenvalue weighted by Gasteiger charge is -2.33. The SMILES string of the molecule is Cc1nc([C@]2(Cc3cnn4cc([C@@H](NC(=O)c5nonc5C5CC5)C5CCC(F)(F)CC5)nc4c3)C[C@@H](C(F)(F)F)NC2=O)no1. The largest absolute Gasteiger partial charge is 0.408 e. The predicted molar refractivity (Wildman–Crippen MR) is 143 cm³/mol. The smallest absolute Gasteiger partial charge is 0.343 e. The van der Waals surface area contributed by atoms with Crippen molar-refractivity contribution in [3.8, 4) is 0 Å². The molecule has 1 aliphatic heterocycles. The van der Waals surface area contributed by atoms with Crippen molar-refractivity contribution < 1.29 is 40.7 Å². The summed E-state index contributed by atoms with van der Waals surface area (Å²) in [6.07, 6.45) is -1.40. The molecule has 5 heterocycles. The first-order chi connectivity index (χ1) is 21.8. The number of aryl methyl sites for hydroxylation is 1. The quantitative estimate of drug-likeness (QED) is 0.267. The topological polar surface area (TPSA) is 166 Å². The number of halogens is 5. The van der Waals surface area contributed by atoms with Gasteiger partial charge in [0.2, 0.25) is 17.7 Å². The Morgan fingerprint density at radius 1 is 1.15 bits per heavy atom. The first-order valence-corrected chi connectivity index (χ1v) is 14.9. The Hall–Kier alpha value is -4.51. The molecule has 18 heteroatoms. The second kappa shape index (κ2) is 10.8. The number of nitrogens with zero attached hydrogens (tertiary/aromatic N) is 7. The fourth-order valence-electron chi connectivity index (χ4n) is 6.45. The minimum Gasteiger partial charge on any atom is -0.343 e. The average molecular weight is 650 g/mol. The van der Waals surface area contributed by atoms with Gasteiger partial charge in [-0.15, -0.1) is 0 Å². The highest BCUT2D eigenvalue weighted by Crippen LogP contribution is 2.44. The van der Waals surface area contributed by atoms with E-state index in [0.717, 1.165) is 12.8 Å². The Labute approximate surface area is 256 Å². The number of amides is 2. The number of alkyl halides is 5. The van der Waals surface area contributed by atoms with Crippen molar-refractivity contribution in [3.63, 3.8) is 0 Å². The van der Waals surface area contributed by atoms with Gasteiger partial charge >= 0.3 is 6.18 Å². The number of rotatable bonds is 8. The zero-order chi connectivity index (χ0) is 32.4. The molecule has 46 heavy (non-hydrogen) atoms. The lowest BCUT2D eigenvalue weighted by atomic mass is 9.78. The average Bonchev–Trinajstić information content (AvgIpc) is 3.32. The van der Waals surface area contributed by atoms with Crippen LogP contribution in [0.5, 0.6) is 0 Å². The van der Waals surface area contributed by atoms with E-state index in [1.165, 1.54) is 17.6 Å². The monoisotopic (exact) mass is 649 g/mol. The number of hydrogen-bond acceptors (Lipinski definition) is 10. The van der Waals surface area contributed by atoms with Gasteiger partial charge in [-0.05, 0) is 61.2 Å². The van der Waals surface area contributed by atoms with Crippen LogP contribution in [0.4, 0.5) is 22.0 Å². The van der Waals surface area contributed by atoms with Crippen LogP contribution in [-0.2, 0) is 16.6 Å². The van der Waals surface area contributed by atoms with Crippen LogP contribution >= 0.6 is 0 Å². The zero-order valence-electron chi connectivity index (χ0n) is 24.4. The predicted octanol–water partition coefficient (Wildman–Crippen LogP) is 3.91. The summed E-state index contributed by atoms with van der Waals surface area (Å²) in [5.74, 6) is -4.68. The third-order valence-corrected chi connectivity index (χ3v) is 9.08. The van der Waals surface area contributed by atoms with Crippen molar-refractivity contribution in [2.45, 2.75) is 93.8 Å². The minimum absolute atomic E-state index is 0.0341. The minimum atomic E-state index is -4.69. The lowest BCUT2D eigenvalue weighted by Crippen LogP contribution is -2.40. The highest BCUT2D eigenvalue weighted by atomic mass is 19.4. The van der Waals surface area contributed by atoms with E-state index in [1.54, 1.807) is 12.3 Å². The Kier molecular flexibility index (Phi) is 7.08. The summed E-state index contributed by atoms with van der Waals surface area (Å²) < 4.78 is 80.4. The van der Waals surface area contributed by atoms with Crippen LogP contribution in [0.25, 0.3) is 5.65 Å². The van der Waals surface area contributed by atoms with E-state index in [-0.39, 0.29) is 67.0 Å². The van der Waals surface area contributed by atoms with Crippen LogP contribution in [0, 0.1) is 12.8 Å². The molecule has 1 saturated heterocycles.